The summed E-state index contributed by atoms with van der Waals surface area (Å²) < 4.78 is 0. The Labute approximate surface area is 127 Å². The minimum Gasteiger partial charge on any atom is -0.347 e. The second-order valence-corrected chi connectivity index (χ2v) is 5.52. The van der Waals surface area contributed by atoms with Gasteiger partial charge in [-0.05, 0) is 19.2 Å². The summed E-state index contributed by atoms with van der Waals surface area (Å²) in [4.78, 5) is 28.0. The minimum absolute atomic E-state index is 0.0728. The number of imidazole rings is 1. The van der Waals surface area contributed by atoms with Crippen molar-refractivity contribution in [3.63, 3.8) is 0 Å². The Hall–Kier alpha value is -1.92. The van der Waals surface area contributed by atoms with Crippen LogP contribution in [0.15, 0.2) is 30.7 Å². The number of aromatic nitrogens is 3. The van der Waals surface area contributed by atoms with E-state index in [1.54, 1.807) is 24.5 Å². The molecule has 1 saturated heterocycles. The molecule has 1 unspecified atom stereocenters. The van der Waals surface area contributed by atoms with E-state index in [9.17, 15) is 4.79 Å². The molecule has 3 heterocycles. The molecule has 6 nitrogen and oxygen atoms in total. The number of halogens is 1. The fourth-order valence-corrected chi connectivity index (χ4v) is 2.59. The molecule has 7 heteroatoms. The second-order valence-electron chi connectivity index (χ2n) is 5.08. The van der Waals surface area contributed by atoms with Crippen molar-refractivity contribution in [2.75, 3.05) is 26.7 Å². The predicted octanol–water partition coefficient (Wildman–Crippen LogP) is 1.59. The molecule has 0 bridgehead atoms. The predicted molar refractivity (Wildman–Crippen MR) is 79.1 cm³/mol. The Morgan fingerprint density at radius 3 is 2.90 bits per heavy atom. The Bertz CT molecular complexity index is 613. The van der Waals surface area contributed by atoms with Crippen LogP contribution in [0.1, 0.15) is 22.4 Å². The number of rotatable bonds is 2. The van der Waals surface area contributed by atoms with Crippen LogP contribution in [-0.2, 0) is 0 Å². The first-order valence-electron chi connectivity index (χ1n) is 6.75. The molecule has 21 heavy (non-hydrogen) atoms. The number of nitrogens with one attached hydrogen (secondary N) is 1. The molecule has 2 aromatic heterocycles. The van der Waals surface area contributed by atoms with Crippen LogP contribution in [0.5, 0.6) is 0 Å². The van der Waals surface area contributed by atoms with Gasteiger partial charge >= 0.3 is 0 Å². The van der Waals surface area contributed by atoms with E-state index in [4.69, 9.17) is 11.6 Å². The number of pyridine rings is 1. The highest BCUT2D eigenvalue weighted by atomic mass is 35.5. The van der Waals surface area contributed by atoms with Crippen molar-refractivity contribution in [3.05, 3.63) is 47.3 Å². The largest absolute Gasteiger partial charge is 0.347 e. The van der Waals surface area contributed by atoms with Gasteiger partial charge in [0, 0.05) is 38.2 Å². The molecule has 0 radical (unpaired) electrons. The van der Waals surface area contributed by atoms with Crippen molar-refractivity contribution in [1.82, 2.24) is 24.8 Å². The van der Waals surface area contributed by atoms with Gasteiger partial charge in [0.2, 0.25) is 0 Å². The molecule has 0 saturated carbocycles. The van der Waals surface area contributed by atoms with Crippen LogP contribution in [-0.4, -0.2) is 57.3 Å². The lowest BCUT2D eigenvalue weighted by Gasteiger charge is -2.38. The Kier molecular flexibility index (Phi) is 3.90. The summed E-state index contributed by atoms with van der Waals surface area (Å²) >= 11 is 5.81. The molecular formula is C14H16ClN5O. The minimum atomic E-state index is -0.0728. The Morgan fingerprint density at radius 1 is 1.38 bits per heavy atom. The van der Waals surface area contributed by atoms with Gasteiger partial charge < -0.3 is 9.88 Å². The van der Waals surface area contributed by atoms with Gasteiger partial charge in [-0.1, -0.05) is 11.6 Å². The van der Waals surface area contributed by atoms with E-state index in [2.05, 4.69) is 19.9 Å². The molecule has 1 aliphatic heterocycles. The molecule has 1 N–H and O–H groups in total. The van der Waals surface area contributed by atoms with Gasteiger partial charge in [0.25, 0.3) is 5.91 Å². The van der Waals surface area contributed by atoms with Gasteiger partial charge in [-0.2, -0.15) is 0 Å². The van der Waals surface area contributed by atoms with Gasteiger partial charge in [-0.25, -0.2) is 9.97 Å². The van der Waals surface area contributed by atoms with Gasteiger partial charge in [-0.15, -0.1) is 0 Å². The zero-order valence-corrected chi connectivity index (χ0v) is 12.4. The highest BCUT2D eigenvalue weighted by molar-refractivity contribution is 6.30. The third-order valence-corrected chi connectivity index (χ3v) is 3.94. The smallest absolute Gasteiger partial charge is 0.272 e. The standard InChI is InChI=1S/C14H16ClN5O/c1-19-6-7-20(9-12(19)13-16-4-5-17-13)14(21)11-3-2-10(15)8-18-11/h2-5,8,12H,6-7,9H2,1H3,(H,16,17). The topological polar surface area (TPSA) is 65.1 Å². The third kappa shape index (κ3) is 2.91. The normalized spacial score (nSPS) is 19.7. The Morgan fingerprint density at radius 2 is 2.24 bits per heavy atom. The molecule has 0 spiro atoms. The van der Waals surface area contributed by atoms with Crippen LogP contribution in [0.4, 0.5) is 0 Å². The van der Waals surface area contributed by atoms with Crippen molar-refractivity contribution >= 4 is 17.5 Å². The maximum absolute atomic E-state index is 12.5. The van der Waals surface area contributed by atoms with Gasteiger partial charge in [0.05, 0.1) is 11.1 Å². The first kappa shape index (κ1) is 14.0. The number of hydrogen-bond donors (Lipinski definition) is 1. The first-order chi connectivity index (χ1) is 10.1. The van der Waals surface area contributed by atoms with Crippen LogP contribution < -0.4 is 0 Å². The number of amides is 1. The number of nitrogens with zero attached hydrogens (tertiary/aromatic N) is 4. The number of aromatic amines is 1. The quantitative estimate of drug-likeness (QED) is 0.915. The van der Waals surface area contributed by atoms with Crippen molar-refractivity contribution in [1.29, 1.82) is 0 Å². The number of hydrogen-bond acceptors (Lipinski definition) is 4. The number of likely N-dealkylation sites (N-methyl/N-ethyl adjacent to an activating group) is 1. The average Bonchev–Trinajstić information content (AvgIpc) is 3.02. The summed E-state index contributed by atoms with van der Waals surface area (Å²) in [6, 6.07) is 3.41. The summed E-state index contributed by atoms with van der Waals surface area (Å²) in [6.07, 6.45) is 5.02. The first-order valence-corrected chi connectivity index (χ1v) is 7.13. The maximum atomic E-state index is 12.5. The zero-order chi connectivity index (χ0) is 14.8. The highest BCUT2D eigenvalue weighted by Gasteiger charge is 2.30. The summed E-state index contributed by atoms with van der Waals surface area (Å²) in [5, 5.41) is 0.526. The molecule has 2 aromatic rings. The van der Waals surface area contributed by atoms with E-state index in [0.29, 0.717) is 23.8 Å². The molecule has 1 atom stereocenters. The number of carbonyl (C=O) groups excluding carboxylic acids is 1. The molecule has 3 rings (SSSR count). The van der Waals surface area contributed by atoms with Crippen LogP contribution in [0.3, 0.4) is 0 Å². The van der Waals surface area contributed by atoms with Crippen LogP contribution in [0, 0.1) is 0 Å². The molecule has 0 aliphatic carbocycles. The zero-order valence-electron chi connectivity index (χ0n) is 11.7. The maximum Gasteiger partial charge on any atom is 0.272 e. The molecule has 1 fully saturated rings. The lowest BCUT2D eigenvalue weighted by atomic mass is 10.1. The summed E-state index contributed by atoms with van der Waals surface area (Å²) in [5.74, 6) is 0.801. The van der Waals surface area contributed by atoms with E-state index >= 15 is 0 Å². The molecule has 1 aliphatic rings. The second kappa shape index (κ2) is 5.83. The Balaban J connectivity index is 1.77. The van der Waals surface area contributed by atoms with Crippen molar-refractivity contribution in [2.45, 2.75) is 6.04 Å². The van der Waals surface area contributed by atoms with E-state index < -0.39 is 0 Å². The fraction of sp³-hybridized carbons (Fsp3) is 0.357. The third-order valence-electron chi connectivity index (χ3n) is 3.72. The van der Waals surface area contributed by atoms with Crippen LogP contribution in [0.2, 0.25) is 5.02 Å². The van der Waals surface area contributed by atoms with E-state index in [-0.39, 0.29) is 11.9 Å². The number of piperazine rings is 1. The van der Waals surface area contributed by atoms with E-state index in [1.807, 2.05) is 11.9 Å². The van der Waals surface area contributed by atoms with E-state index in [0.717, 1.165) is 12.4 Å². The van der Waals surface area contributed by atoms with Gasteiger partial charge in [0.1, 0.15) is 11.5 Å². The van der Waals surface area contributed by atoms with Gasteiger partial charge in [-0.3, -0.25) is 9.69 Å². The monoisotopic (exact) mass is 305 g/mol. The average molecular weight is 306 g/mol. The molecule has 1 amide bonds. The van der Waals surface area contributed by atoms with Crippen molar-refractivity contribution < 1.29 is 4.79 Å². The lowest BCUT2D eigenvalue weighted by molar-refractivity contribution is 0.0529. The molecular weight excluding hydrogens is 290 g/mol. The summed E-state index contributed by atoms with van der Waals surface area (Å²) in [6.45, 7) is 2.06. The SMILES string of the molecule is CN1CCN(C(=O)c2ccc(Cl)cn2)CC1c1ncc[nH]1. The van der Waals surface area contributed by atoms with Crippen molar-refractivity contribution in [2.24, 2.45) is 0 Å². The van der Waals surface area contributed by atoms with Crippen molar-refractivity contribution in [3.8, 4) is 0 Å². The number of carbonyl (C=O) groups is 1. The fourth-order valence-electron chi connectivity index (χ4n) is 2.48. The van der Waals surface area contributed by atoms with Crippen LogP contribution >= 0.6 is 11.6 Å². The van der Waals surface area contributed by atoms with E-state index in [1.165, 1.54) is 6.20 Å². The number of H-pyrrole nitrogens is 1. The molecule has 0 aromatic carbocycles. The van der Waals surface area contributed by atoms with Crippen LogP contribution in [0.25, 0.3) is 0 Å². The highest BCUT2D eigenvalue weighted by Crippen LogP contribution is 2.22. The molecule has 110 valence electrons. The lowest BCUT2D eigenvalue weighted by Crippen LogP contribution is -2.49. The van der Waals surface area contributed by atoms with Gasteiger partial charge in [0.15, 0.2) is 0 Å². The summed E-state index contributed by atoms with van der Waals surface area (Å²) in [7, 11) is 2.04. The summed E-state index contributed by atoms with van der Waals surface area (Å²) in [5.41, 5.74) is 0.419.